The van der Waals surface area contributed by atoms with E-state index in [-0.39, 0.29) is 28.5 Å². The van der Waals surface area contributed by atoms with Crippen LogP contribution in [-0.2, 0) is 9.84 Å². The third kappa shape index (κ3) is 5.24. The predicted octanol–water partition coefficient (Wildman–Crippen LogP) is 4.28. The summed E-state index contributed by atoms with van der Waals surface area (Å²) in [6.07, 6.45) is 0. The highest BCUT2D eigenvalue weighted by Gasteiger charge is 2.15. The molecular weight excluding hydrogens is 410 g/mol. The minimum Gasteiger partial charge on any atom is -0.403 e. The van der Waals surface area contributed by atoms with Gasteiger partial charge in [-0.2, -0.15) is 0 Å². The summed E-state index contributed by atoms with van der Waals surface area (Å²) in [6.45, 7) is 5.76. The Morgan fingerprint density at radius 1 is 1.14 bits per heavy atom. The van der Waals surface area contributed by atoms with Gasteiger partial charge in [-0.15, -0.1) is 16.9 Å². The van der Waals surface area contributed by atoms with E-state index < -0.39 is 9.84 Å². The second-order valence-electron chi connectivity index (χ2n) is 6.49. The van der Waals surface area contributed by atoms with Gasteiger partial charge < -0.3 is 4.42 Å². The number of aromatic nitrogens is 2. The number of rotatable bonds is 7. The van der Waals surface area contributed by atoms with E-state index >= 15 is 0 Å². The minimum atomic E-state index is -3.28. The number of carbonyl (C=O) groups excluding carboxylic acids is 1. The maximum atomic E-state index is 12.5. The van der Waals surface area contributed by atoms with Crippen molar-refractivity contribution in [2.75, 3.05) is 11.1 Å². The fourth-order valence-electron chi connectivity index (χ4n) is 2.51. The van der Waals surface area contributed by atoms with E-state index in [1.54, 1.807) is 36.9 Å². The molecule has 152 valence electrons. The highest BCUT2D eigenvalue weighted by Crippen LogP contribution is 2.25. The Morgan fingerprint density at radius 3 is 2.52 bits per heavy atom. The Bertz CT molecular complexity index is 1110. The van der Waals surface area contributed by atoms with Crippen LogP contribution < -0.4 is 5.32 Å². The van der Waals surface area contributed by atoms with Gasteiger partial charge in [-0.1, -0.05) is 31.9 Å². The molecule has 29 heavy (non-hydrogen) atoms. The van der Waals surface area contributed by atoms with E-state index in [2.05, 4.69) is 29.4 Å². The minimum absolute atomic E-state index is 0.0277. The first kappa shape index (κ1) is 21.1. The van der Waals surface area contributed by atoms with Crippen molar-refractivity contribution >= 4 is 33.5 Å². The second kappa shape index (κ2) is 8.79. The molecule has 0 saturated heterocycles. The van der Waals surface area contributed by atoms with Crippen LogP contribution in [0.2, 0.25) is 0 Å². The predicted molar refractivity (Wildman–Crippen MR) is 113 cm³/mol. The number of anilines is 1. The highest BCUT2D eigenvalue weighted by molar-refractivity contribution is 7.99. The van der Waals surface area contributed by atoms with Gasteiger partial charge in [-0.25, -0.2) is 8.42 Å². The number of amides is 1. The first-order chi connectivity index (χ1) is 13.8. The summed E-state index contributed by atoms with van der Waals surface area (Å²) in [5.74, 6) is -0.138. The smallest absolute Gasteiger partial charge is 0.322 e. The molecule has 0 saturated carbocycles. The average molecular weight is 432 g/mol. The molecule has 3 aromatic rings. The van der Waals surface area contributed by atoms with Crippen molar-refractivity contribution in [2.45, 2.75) is 35.8 Å². The zero-order valence-corrected chi connectivity index (χ0v) is 17.9. The summed E-state index contributed by atoms with van der Waals surface area (Å²) in [7, 11) is -3.28. The van der Waals surface area contributed by atoms with E-state index in [0.29, 0.717) is 16.4 Å². The lowest BCUT2D eigenvalue weighted by Crippen LogP contribution is -2.12. The van der Waals surface area contributed by atoms with E-state index in [4.69, 9.17) is 4.42 Å². The van der Waals surface area contributed by atoms with E-state index in [1.807, 2.05) is 18.2 Å². The first-order valence-electron chi connectivity index (χ1n) is 9.03. The molecule has 1 amide bonds. The van der Waals surface area contributed by atoms with Crippen molar-refractivity contribution in [1.29, 1.82) is 0 Å². The lowest BCUT2D eigenvalue weighted by molar-refractivity contribution is 0.102. The quantitative estimate of drug-likeness (QED) is 0.557. The van der Waals surface area contributed by atoms with Gasteiger partial charge in [0.25, 0.3) is 5.91 Å². The lowest BCUT2D eigenvalue weighted by atomic mass is 10.2. The Balaban J connectivity index is 1.73. The summed E-state index contributed by atoms with van der Waals surface area (Å²) in [5.41, 5.74) is 1.05. The first-order valence-corrected chi connectivity index (χ1v) is 11.6. The lowest BCUT2D eigenvalue weighted by Gasteiger charge is -2.06. The van der Waals surface area contributed by atoms with Crippen molar-refractivity contribution < 1.29 is 17.6 Å². The summed E-state index contributed by atoms with van der Waals surface area (Å²) in [4.78, 5) is 13.7. The van der Waals surface area contributed by atoms with Crippen LogP contribution in [0.3, 0.4) is 0 Å². The van der Waals surface area contributed by atoms with Crippen LogP contribution >= 0.6 is 11.8 Å². The zero-order chi connectivity index (χ0) is 21.0. The molecule has 0 aliphatic rings. The molecule has 0 bridgehead atoms. The number of carbonyl (C=O) groups is 1. The molecule has 0 atom stereocenters. The van der Waals surface area contributed by atoms with Gasteiger partial charge in [0.2, 0.25) is 5.89 Å². The van der Waals surface area contributed by atoms with Crippen LogP contribution in [0.15, 0.2) is 62.7 Å². The standard InChI is InChI=1S/C20H21N3O4S2/c1-4-29(25,26)17-10-8-14(9-11-17)19-22-23-20(27-19)21-18(24)15-6-5-7-16(12-15)28-13(2)3/h5-13H,4H2,1-3H3,(H,21,23,24). The highest BCUT2D eigenvalue weighted by atomic mass is 32.2. The summed E-state index contributed by atoms with van der Waals surface area (Å²) in [6, 6.07) is 13.4. The van der Waals surface area contributed by atoms with E-state index in [1.165, 1.54) is 12.1 Å². The summed E-state index contributed by atoms with van der Waals surface area (Å²) >= 11 is 1.67. The summed E-state index contributed by atoms with van der Waals surface area (Å²) in [5, 5.41) is 10.8. The Morgan fingerprint density at radius 2 is 1.86 bits per heavy atom. The molecule has 0 aliphatic heterocycles. The van der Waals surface area contributed by atoms with Crippen LogP contribution in [0.5, 0.6) is 0 Å². The normalized spacial score (nSPS) is 11.6. The monoisotopic (exact) mass is 431 g/mol. The fourth-order valence-corrected chi connectivity index (χ4v) is 4.29. The molecule has 3 rings (SSSR count). The molecule has 1 aromatic heterocycles. The number of nitrogens with one attached hydrogen (secondary N) is 1. The summed E-state index contributed by atoms with van der Waals surface area (Å²) < 4.78 is 29.3. The molecule has 9 heteroatoms. The number of hydrogen-bond donors (Lipinski definition) is 1. The van der Waals surface area contributed by atoms with Crippen LogP contribution in [0.4, 0.5) is 6.01 Å². The third-order valence-electron chi connectivity index (χ3n) is 3.95. The van der Waals surface area contributed by atoms with Crippen LogP contribution in [0.25, 0.3) is 11.5 Å². The van der Waals surface area contributed by atoms with Crippen molar-refractivity contribution in [3.63, 3.8) is 0 Å². The van der Waals surface area contributed by atoms with Crippen molar-refractivity contribution in [3.05, 3.63) is 54.1 Å². The molecule has 7 nitrogen and oxygen atoms in total. The Kier molecular flexibility index (Phi) is 6.39. The largest absolute Gasteiger partial charge is 0.403 e. The molecule has 1 N–H and O–H groups in total. The molecular formula is C20H21N3O4S2. The molecule has 0 spiro atoms. The zero-order valence-electron chi connectivity index (χ0n) is 16.2. The Labute approximate surface area is 173 Å². The van der Waals surface area contributed by atoms with Gasteiger partial charge in [0.1, 0.15) is 0 Å². The van der Waals surface area contributed by atoms with Crippen molar-refractivity contribution in [2.24, 2.45) is 0 Å². The molecule has 0 unspecified atom stereocenters. The van der Waals surface area contributed by atoms with Crippen LogP contribution in [0, 0.1) is 0 Å². The second-order valence-corrected chi connectivity index (χ2v) is 10.4. The molecule has 0 fully saturated rings. The van der Waals surface area contributed by atoms with Gasteiger partial charge in [-0.3, -0.25) is 10.1 Å². The van der Waals surface area contributed by atoms with E-state index in [9.17, 15) is 13.2 Å². The van der Waals surface area contributed by atoms with E-state index in [0.717, 1.165) is 4.90 Å². The van der Waals surface area contributed by atoms with Crippen LogP contribution in [0.1, 0.15) is 31.1 Å². The number of benzene rings is 2. The molecule has 1 heterocycles. The number of hydrogen-bond acceptors (Lipinski definition) is 7. The number of thioether (sulfide) groups is 1. The molecule has 2 aromatic carbocycles. The molecule has 0 aliphatic carbocycles. The number of sulfone groups is 1. The van der Waals surface area contributed by atoms with Gasteiger partial charge in [0, 0.05) is 21.3 Å². The van der Waals surface area contributed by atoms with Crippen LogP contribution in [-0.4, -0.2) is 35.5 Å². The van der Waals surface area contributed by atoms with Gasteiger partial charge >= 0.3 is 6.01 Å². The maximum absolute atomic E-state index is 12.5. The van der Waals surface area contributed by atoms with Crippen molar-refractivity contribution in [3.8, 4) is 11.5 Å². The van der Waals surface area contributed by atoms with Gasteiger partial charge in [0.15, 0.2) is 9.84 Å². The van der Waals surface area contributed by atoms with Crippen molar-refractivity contribution in [1.82, 2.24) is 10.2 Å². The third-order valence-corrected chi connectivity index (χ3v) is 6.70. The van der Waals surface area contributed by atoms with Gasteiger partial charge in [0.05, 0.1) is 10.6 Å². The Hall–Kier alpha value is -2.65. The SMILES string of the molecule is CCS(=O)(=O)c1ccc(-c2nnc(NC(=O)c3cccc(SC(C)C)c3)o2)cc1. The molecule has 0 radical (unpaired) electrons. The topological polar surface area (TPSA) is 102 Å². The average Bonchev–Trinajstić information content (AvgIpc) is 3.16. The van der Waals surface area contributed by atoms with Gasteiger partial charge in [-0.05, 0) is 42.5 Å². The maximum Gasteiger partial charge on any atom is 0.322 e. The fraction of sp³-hybridized carbons (Fsp3) is 0.250. The number of nitrogens with zero attached hydrogens (tertiary/aromatic N) is 2.